The second-order valence-electron chi connectivity index (χ2n) is 4.38. The van der Waals surface area contributed by atoms with Crippen LogP contribution in [-0.4, -0.2) is 29.9 Å². The molecule has 0 N–H and O–H groups in total. The summed E-state index contributed by atoms with van der Waals surface area (Å²) in [5.41, 5.74) is 1.44. The largest absolute Gasteiger partial charge is 0.361 e. The summed E-state index contributed by atoms with van der Waals surface area (Å²) < 4.78 is 31.1. The molecule has 0 unspecified atom stereocenters. The summed E-state index contributed by atoms with van der Waals surface area (Å²) in [5.74, 6) is 0.609. The maximum absolute atomic E-state index is 12.4. The number of pyridine rings is 1. The SMILES string of the molecule is Cc1noc(C)c1CN(C)S(=O)(=O)c1ccnc(Cl)c1. The highest BCUT2D eigenvalue weighted by molar-refractivity contribution is 7.89. The van der Waals surface area contributed by atoms with Crippen LogP contribution in [0.5, 0.6) is 0 Å². The Morgan fingerprint density at radius 2 is 2.10 bits per heavy atom. The van der Waals surface area contributed by atoms with Crippen molar-refractivity contribution in [1.29, 1.82) is 0 Å². The van der Waals surface area contributed by atoms with Gasteiger partial charge in [-0.3, -0.25) is 0 Å². The van der Waals surface area contributed by atoms with Crippen molar-refractivity contribution in [3.63, 3.8) is 0 Å². The quantitative estimate of drug-likeness (QED) is 0.808. The van der Waals surface area contributed by atoms with E-state index in [4.69, 9.17) is 16.1 Å². The fraction of sp³-hybridized carbons (Fsp3) is 0.333. The number of aromatic nitrogens is 2. The summed E-state index contributed by atoms with van der Waals surface area (Å²) in [4.78, 5) is 3.88. The molecular weight excluding hydrogens is 302 g/mol. The lowest BCUT2D eigenvalue weighted by Crippen LogP contribution is -2.27. The molecule has 0 aliphatic rings. The van der Waals surface area contributed by atoms with E-state index in [1.54, 1.807) is 13.8 Å². The molecule has 0 fully saturated rings. The molecule has 0 aromatic carbocycles. The van der Waals surface area contributed by atoms with E-state index in [-0.39, 0.29) is 16.6 Å². The fourth-order valence-corrected chi connectivity index (χ4v) is 3.15. The molecule has 2 rings (SSSR count). The molecule has 0 bridgehead atoms. The third-order valence-electron chi connectivity index (χ3n) is 2.97. The Morgan fingerprint density at radius 3 is 2.65 bits per heavy atom. The van der Waals surface area contributed by atoms with Crippen LogP contribution in [0.4, 0.5) is 0 Å². The van der Waals surface area contributed by atoms with Gasteiger partial charge in [-0.15, -0.1) is 0 Å². The molecule has 0 aliphatic carbocycles. The molecule has 0 radical (unpaired) electrons. The Bertz CT molecular complexity index is 708. The lowest BCUT2D eigenvalue weighted by atomic mass is 10.2. The van der Waals surface area contributed by atoms with Gasteiger partial charge < -0.3 is 4.52 Å². The molecule has 108 valence electrons. The van der Waals surface area contributed by atoms with Crippen molar-refractivity contribution in [3.05, 3.63) is 40.5 Å². The molecular formula is C12H14ClN3O3S. The van der Waals surface area contributed by atoms with Crippen molar-refractivity contribution in [2.24, 2.45) is 0 Å². The highest BCUT2D eigenvalue weighted by Crippen LogP contribution is 2.21. The van der Waals surface area contributed by atoms with Crippen LogP contribution in [0.3, 0.4) is 0 Å². The van der Waals surface area contributed by atoms with E-state index in [0.29, 0.717) is 11.5 Å². The molecule has 0 aliphatic heterocycles. The zero-order valence-electron chi connectivity index (χ0n) is 11.3. The lowest BCUT2D eigenvalue weighted by molar-refractivity contribution is 0.390. The van der Waals surface area contributed by atoms with Crippen molar-refractivity contribution in [3.8, 4) is 0 Å². The van der Waals surface area contributed by atoms with Gasteiger partial charge in [-0.1, -0.05) is 16.8 Å². The molecule has 0 amide bonds. The Kier molecular flexibility index (Phi) is 4.12. The minimum atomic E-state index is -3.63. The van der Waals surface area contributed by atoms with Gasteiger partial charge in [-0.25, -0.2) is 13.4 Å². The van der Waals surface area contributed by atoms with Crippen molar-refractivity contribution < 1.29 is 12.9 Å². The summed E-state index contributed by atoms with van der Waals surface area (Å²) >= 11 is 5.73. The van der Waals surface area contributed by atoms with Gasteiger partial charge in [0.25, 0.3) is 0 Å². The van der Waals surface area contributed by atoms with Crippen molar-refractivity contribution in [2.45, 2.75) is 25.3 Å². The van der Waals surface area contributed by atoms with E-state index < -0.39 is 10.0 Å². The topological polar surface area (TPSA) is 76.3 Å². The normalized spacial score (nSPS) is 12.1. The highest BCUT2D eigenvalue weighted by Gasteiger charge is 2.23. The molecule has 2 heterocycles. The van der Waals surface area contributed by atoms with Crippen LogP contribution in [0, 0.1) is 13.8 Å². The first-order chi connectivity index (χ1) is 9.32. The standard InChI is InChI=1S/C12H14ClN3O3S/c1-8-11(9(2)19-15-8)7-16(3)20(17,18)10-4-5-14-12(13)6-10/h4-6H,7H2,1-3H3. The predicted octanol–water partition coefficient (Wildman–Crippen LogP) is 2.16. The fourth-order valence-electron chi connectivity index (χ4n) is 1.76. The second kappa shape index (κ2) is 5.51. The van der Waals surface area contributed by atoms with Crippen LogP contribution >= 0.6 is 11.6 Å². The first kappa shape index (κ1) is 15.0. The maximum Gasteiger partial charge on any atom is 0.243 e. The molecule has 8 heteroatoms. The first-order valence-corrected chi connectivity index (χ1v) is 7.64. The van der Waals surface area contributed by atoms with Crippen LogP contribution < -0.4 is 0 Å². The maximum atomic E-state index is 12.4. The van der Waals surface area contributed by atoms with E-state index in [0.717, 1.165) is 5.56 Å². The molecule has 0 saturated heterocycles. The Labute approximate surface area is 122 Å². The van der Waals surface area contributed by atoms with Crippen LogP contribution in [0.15, 0.2) is 27.7 Å². The molecule has 0 spiro atoms. The summed E-state index contributed by atoms with van der Waals surface area (Å²) in [6.45, 7) is 3.71. The van der Waals surface area contributed by atoms with E-state index in [1.807, 2.05) is 0 Å². The van der Waals surface area contributed by atoms with Gasteiger partial charge in [-0.2, -0.15) is 4.31 Å². The Hall–Kier alpha value is -1.44. The van der Waals surface area contributed by atoms with Crippen LogP contribution in [0.25, 0.3) is 0 Å². The van der Waals surface area contributed by atoms with E-state index in [1.165, 1.54) is 29.7 Å². The predicted molar refractivity (Wildman–Crippen MR) is 73.9 cm³/mol. The number of halogens is 1. The number of hydrogen-bond donors (Lipinski definition) is 0. The average Bonchev–Trinajstić information content (AvgIpc) is 2.70. The number of aryl methyl sites for hydroxylation is 2. The summed E-state index contributed by atoms with van der Waals surface area (Å²) in [7, 11) is -2.14. The third-order valence-corrected chi connectivity index (χ3v) is 4.97. The molecule has 0 saturated carbocycles. The van der Waals surface area contributed by atoms with Crippen molar-refractivity contribution >= 4 is 21.6 Å². The molecule has 6 nitrogen and oxygen atoms in total. The first-order valence-electron chi connectivity index (χ1n) is 5.82. The number of rotatable bonds is 4. The van der Waals surface area contributed by atoms with Gasteiger partial charge in [-0.05, 0) is 26.0 Å². The monoisotopic (exact) mass is 315 g/mol. The van der Waals surface area contributed by atoms with Crippen molar-refractivity contribution in [2.75, 3.05) is 7.05 Å². The third kappa shape index (κ3) is 2.84. The van der Waals surface area contributed by atoms with Gasteiger partial charge in [0.05, 0.1) is 10.6 Å². The van der Waals surface area contributed by atoms with Gasteiger partial charge in [0.15, 0.2) is 0 Å². The van der Waals surface area contributed by atoms with Gasteiger partial charge in [0, 0.05) is 25.4 Å². The molecule has 20 heavy (non-hydrogen) atoms. The summed E-state index contributed by atoms with van der Waals surface area (Å²) in [6.07, 6.45) is 1.36. The minimum absolute atomic E-state index is 0.103. The van der Waals surface area contributed by atoms with E-state index in [2.05, 4.69) is 10.1 Å². The van der Waals surface area contributed by atoms with Gasteiger partial charge >= 0.3 is 0 Å². The van der Waals surface area contributed by atoms with E-state index in [9.17, 15) is 8.42 Å². The summed E-state index contributed by atoms with van der Waals surface area (Å²) in [6, 6.07) is 2.73. The van der Waals surface area contributed by atoms with Crippen LogP contribution in [0.2, 0.25) is 5.15 Å². The minimum Gasteiger partial charge on any atom is -0.361 e. The Morgan fingerprint density at radius 1 is 1.40 bits per heavy atom. The average molecular weight is 316 g/mol. The second-order valence-corrected chi connectivity index (χ2v) is 6.81. The highest BCUT2D eigenvalue weighted by atomic mass is 35.5. The van der Waals surface area contributed by atoms with Crippen LogP contribution in [0.1, 0.15) is 17.0 Å². The Balaban J connectivity index is 2.31. The van der Waals surface area contributed by atoms with Crippen molar-refractivity contribution in [1.82, 2.24) is 14.4 Å². The van der Waals surface area contributed by atoms with Gasteiger partial charge in [0.2, 0.25) is 10.0 Å². The molecule has 0 atom stereocenters. The molecule has 2 aromatic rings. The number of hydrogen-bond acceptors (Lipinski definition) is 5. The summed E-state index contributed by atoms with van der Waals surface area (Å²) in [5, 5.41) is 3.95. The van der Waals surface area contributed by atoms with Gasteiger partial charge in [0.1, 0.15) is 10.9 Å². The smallest absolute Gasteiger partial charge is 0.243 e. The molecule has 2 aromatic heterocycles. The van der Waals surface area contributed by atoms with Crippen LogP contribution in [-0.2, 0) is 16.6 Å². The lowest BCUT2D eigenvalue weighted by Gasteiger charge is -2.17. The zero-order chi connectivity index (χ0) is 14.9. The number of nitrogens with zero attached hydrogens (tertiary/aromatic N) is 3. The van der Waals surface area contributed by atoms with E-state index >= 15 is 0 Å². The zero-order valence-corrected chi connectivity index (χ0v) is 12.9. The number of sulfonamides is 1.